The fourth-order valence-electron chi connectivity index (χ4n) is 0. The molecule has 0 bridgehead atoms. The van der Waals surface area contributed by atoms with Gasteiger partial charge >= 0.3 is 0 Å². The van der Waals surface area contributed by atoms with Gasteiger partial charge in [-0.25, -0.2) is 0 Å². The molecule has 2 N–H and O–H groups in total. The molecule has 1 nitrogen and oxygen atoms in total. The molecule has 0 heterocycles. The molecule has 0 aromatic heterocycles. The van der Waals surface area contributed by atoms with Crippen molar-refractivity contribution in [1.29, 1.82) is 0 Å². The molecule has 4 heavy (non-hydrogen) atoms. The molecule has 0 aliphatic carbocycles. The van der Waals surface area contributed by atoms with E-state index in [4.69, 9.17) is 0 Å². The van der Waals surface area contributed by atoms with Gasteiger partial charge in [0.1, 0.15) is 0 Å². The van der Waals surface area contributed by atoms with Crippen molar-refractivity contribution in [2.75, 3.05) is 0 Å². The first-order valence-corrected chi connectivity index (χ1v) is 0. The predicted octanol–water partition coefficient (Wildman–Crippen LogP) is -0.827. The summed E-state index contributed by atoms with van der Waals surface area (Å²) < 4.78 is 0. The van der Waals surface area contributed by atoms with Crippen LogP contribution in [0.25, 0.3) is 0 Å². The van der Waals surface area contributed by atoms with Gasteiger partial charge in [0, 0.05) is 110 Å². The molecule has 0 saturated carbocycles. The van der Waals surface area contributed by atoms with Crippen LogP contribution in [-0.4, -0.2) is 5.48 Å². The van der Waals surface area contributed by atoms with Crippen LogP contribution in [0.5, 0.6) is 0 Å². The summed E-state index contributed by atoms with van der Waals surface area (Å²) in [5.74, 6) is 0. The zero-order chi connectivity index (χ0) is 0. The summed E-state index contributed by atoms with van der Waals surface area (Å²) >= 11 is 0. The monoisotopic (exact) mass is 386 g/mol. The standard InChI is InChI=1S/Ce.La.H2O.Y/h;;1H2;. The van der Waals surface area contributed by atoms with Crippen molar-refractivity contribution in [1.82, 2.24) is 0 Å². The van der Waals surface area contributed by atoms with Crippen molar-refractivity contribution >= 4 is 0 Å². The molecule has 0 fully saturated rings. The molecular weight excluding hydrogens is 384 g/mol. The topological polar surface area (TPSA) is 31.5 Å². The Morgan fingerprint density at radius 1 is 1.00 bits per heavy atom. The minimum absolute atomic E-state index is 0. The molecule has 0 unspecified atom stereocenters. The normalized spacial score (nSPS) is 0. The van der Waals surface area contributed by atoms with Gasteiger partial charge in [-0.15, -0.1) is 0 Å². The van der Waals surface area contributed by atoms with E-state index in [1.54, 1.807) is 0 Å². The molecule has 0 aromatic rings. The SMILES string of the molecule is O.[Ce].[La].[Y]. The van der Waals surface area contributed by atoms with Crippen molar-refractivity contribution in [3.8, 4) is 0 Å². The van der Waals surface area contributed by atoms with Crippen LogP contribution < -0.4 is 0 Å². The zero-order valence-electron chi connectivity index (χ0n) is 2.15. The Bertz CT molecular complexity index is 8.00. The number of hydrogen-bond acceptors (Lipinski definition) is 0. The summed E-state index contributed by atoms with van der Waals surface area (Å²) in [4.78, 5) is 0. The van der Waals surface area contributed by atoms with Crippen LogP contribution in [0, 0.1) is 77.3 Å². The first-order valence-electron chi connectivity index (χ1n) is 0. The second kappa shape index (κ2) is 15.9. The van der Waals surface area contributed by atoms with Gasteiger partial charge in [-0.1, -0.05) is 0 Å². The smallest absolute Gasteiger partial charge is 0 e. The third-order valence-corrected chi connectivity index (χ3v) is 0. The molecule has 0 amide bonds. The van der Waals surface area contributed by atoms with Crippen LogP contribution in [0.1, 0.15) is 0 Å². The Kier molecular flexibility index (Phi) is 101. The molecule has 0 aliphatic rings. The number of rotatable bonds is 0. The second-order valence-corrected chi connectivity index (χ2v) is 0. The van der Waals surface area contributed by atoms with Crippen LogP contribution >= 0.6 is 0 Å². The van der Waals surface area contributed by atoms with E-state index >= 15 is 0 Å². The maximum Gasteiger partial charge on any atom is 0 e. The van der Waals surface area contributed by atoms with Crippen LogP contribution in [0.4, 0.5) is 0 Å². The van der Waals surface area contributed by atoms with Crippen molar-refractivity contribution in [3.63, 3.8) is 0 Å². The van der Waals surface area contributed by atoms with E-state index in [1.807, 2.05) is 0 Å². The molecular formula is H2CeLaOY. The molecule has 18 valence electrons. The first kappa shape index (κ1) is 25.4. The van der Waals surface area contributed by atoms with Crippen molar-refractivity contribution in [3.05, 3.63) is 0 Å². The fourth-order valence-corrected chi connectivity index (χ4v) is 0. The van der Waals surface area contributed by atoms with Gasteiger partial charge in [0.2, 0.25) is 0 Å². The second-order valence-electron chi connectivity index (χ2n) is 0. The maximum absolute atomic E-state index is 0. The Morgan fingerprint density at radius 2 is 1.00 bits per heavy atom. The molecule has 0 spiro atoms. The van der Waals surface area contributed by atoms with Crippen LogP contribution in [0.3, 0.4) is 0 Å². The number of hydrogen-bond donors (Lipinski definition) is 0. The van der Waals surface area contributed by atoms with Gasteiger partial charge in [-0.05, 0) is 0 Å². The summed E-state index contributed by atoms with van der Waals surface area (Å²) in [6, 6.07) is 0. The molecule has 0 aliphatic heterocycles. The Labute approximate surface area is 112 Å². The quantitative estimate of drug-likeness (QED) is 0.521. The van der Waals surface area contributed by atoms with E-state index < -0.39 is 0 Å². The minimum atomic E-state index is 0. The summed E-state index contributed by atoms with van der Waals surface area (Å²) in [5.41, 5.74) is 0. The van der Waals surface area contributed by atoms with Crippen molar-refractivity contribution in [2.45, 2.75) is 0 Å². The largest absolute Gasteiger partial charge is 0.412 e. The van der Waals surface area contributed by atoms with E-state index in [1.165, 1.54) is 0 Å². The molecule has 0 saturated heterocycles. The first-order chi connectivity index (χ1) is 0. The predicted molar refractivity (Wildman–Crippen MR) is 3.61 cm³/mol. The van der Waals surface area contributed by atoms with Gasteiger partial charge in [-0.3, -0.25) is 0 Å². The Morgan fingerprint density at radius 3 is 1.00 bits per heavy atom. The third-order valence-electron chi connectivity index (χ3n) is 0. The van der Waals surface area contributed by atoms with Crippen LogP contribution in [0.15, 0.2) is 0 Å². The maximum atomic E-state index is 0. The van der Waals surface area contributed by atoms with Gasteiger partial charge in [0.25, 0.3) is 0 Å². The van der Waals surface area contributed by atoms with Gasteiger partial charge in [0.15, 0.2) is 0 Å². The fraction of sp³-hybridized carbons (Fsp3) is 0. The Hall–Kier alpha value is 3.64. The van der Waals surface area contributed by atoms with E-state index in [2.05, 4.69) is 0 Å². The van der Waals surface area contributed by atoms with Crippen LogP contribution in [-0.2, 0) is 32.7 Å². The molecule has 0 aromatic carbocycles. The minimum Gasteiger partial charge on any atom is -0.412 e. The van der Waals surface area contributed by atoms with Crippen molar-refractivity contribution in [2.24, 2.45) is 0 Å². The summed E-state index contributed by atoms with van der Waals surface area (Å²) in [5, 5.41) is 0. The molecule has 0 rings (SSSR count). The van der Waals surface area contributed by atoms with Crippen molar-refractivity contribution < 1.29 is 116 Å². The van der Waals surface area contributed by atoms with Gasteiger partial charge < -0.3 is 5.48 Å². The van der Waals surface area contributed by atoms with Crippen LogP contribution in [0.2, 0.25) is 0 Å². The summed E-state index contributed by atoms with van der Waals surface area (Å²) in [6.45, 7) is 0. The average Bonchev–Trinajstić information content (AvgIpc) is 0. The van der Waals surface area contributed by atoms with Gasteiger partial charge in [-0.2, -0.15) is 0 Å². The molecule has 2 radical (unpaired) electrons. The average molecular weight is 386 g/mol. The summed E-state index contributed by atoms with van der Waals surface area (Å²) in [6.07, 6.45) is 0. The zero-order valence-corrected chi connectivity index (χ0v) is 11.8. The summed E-state index contributed by atoms with van der Waals surface area (Å²) in [7, 11) is 0. The van der Waals surface area contributed by atoms with E-state index in [-0.39, 0.29) is 116 Å². The molecule has 4 heteroatoms. The van der Waals surface area contributed by atoms with E-state index in [9.17, 15) is 0 Å². The van der Waals surface area contributed by atoms with E-state index in [0.29, 0.717) is 0 Å². The van der Waals surface area contributed by atoms with E-state index in [0.717, 1.165) is 0 Å². The van der Waals surface area contributed by atoms with Gasteiger partial charge in [0.05, 0.1) is 0 Å². The molecule has 0 atom stereocenters. The Balaban J connectivity index is 0. The third kappa shape index (κ3) is 9.16.